The Labute approximate surface area is 220 Å². The number of oxime groups is 1. The number of rotatable bonds is 6. The molecule has 0 fully saturated rings. The molecular weight excluding hydrogens is 559 g/mol. The zero-order chi connectivity index (χ0) is 28.5. The maximum atomic E-state index is 14.6. The summed E-state index contributed by atoms with van der Waals surface area (Å²) in [4.78, 5) is 29.6. The number of alkyl halides is 6. The number of halogens is 8. The zero-order valence-electron chi connectivity index (χ0n) is 19.5. The van der Waals surface area contributed by atoms with E-state index in [9.17, 15) is 40.3 Å². The molecule has 0 saturated heterocycles. The third-order valence-corrected chi connectivity index (χ3v) is 6.05. The average Bonchev–Trinajstić information content (AvgIpc) is 3.35. The van der Waals surface area contributed by atoms with E-state index in [2.05, 4.69) is 10.5 Å². The molecule has 1 unspecified atom stereocenters. The second-order valence-electron chi connectivity index (χ2n) is 8.48. The van der Waals surface area contributed by atoms with Crippen molar-refractivity contribution in [1.29, 1.82) is 0 Å². The van der Waals surface area contributed by atoms with Crippen LogP contribution in [0.2, 0.25) is 5.02 Å². The van der Waals surface area contributed by atoms with Gasteiger partial charge in [-0.25, -0.2) is 4.39 Å². The summed E-state index contributed by atoms with van der Waals surface area (Å²) < 4.78 is 91.0. The van der Waals surface area contributed by atoms with Crippen molar-refractivity contribution in [3.05, 3.63) is 81.6 Å². The molecule has 1 atom stereocenters. The van der Waals surface area contributed by atoms with Crippen LogP contribution in [0.1, 0.15) is 39.6 Å². The van der Waals surface area contributed by atoms with Gasteiger partial charge >= 0.3 is 12.4 Å². The number of nitrogens with zero attached hydrogens (tertiary/aromatic N) is 1. The molecule has 1 heterocycles. The van der Waals surface area contributed by atoms with Crippen LogP contribution in [-0.4, -0.2) is 36.8 Å². The summed E-state index contributed by atoms with van der Waals surface area (Å²) in [5, 5.41) is 7.99. The van der Waals surface area contributed by atoms with Crippen LogP contribution in [0.4, 0.5) is 30.7 Å². The number of nitrogens with one attached hydrogen (secondary N) is 2. The number of carbonyl (C=O) groups excluding carboxylic acids is 2. The molecule has 1 aliphatic rings. The minimum absolute atomic E-state index is 0.102. The zero-order valence-corrected chi connectivity index (χ0v) is 20.3. The molecule has 3 aromatic rings. The first-order valence-corrected chi connectivity index (χ1v) is 11.5. The van der Waals surface area contributed by atoms with Crippen molar-refractivity contribution in [3.63, 3.8) is 0 Å². The van der Waals surface area contributed by atoms with Gasteiger partial charge in [-0.3, -0.25) is 9.59 Å². The van der Waals surface area contributed by atoms with Gasteiger partial charge in [-0.2, -0.15) is 26.3 Å². The molecule has 14 heteroatoms. The van der Waals surface area contributed by atoms with Crippen molar-refractivity contribution in [2.24, 2.45) is 5.16 Å². The smallest absolute Gasteiger partial charge is 0.387 e. The number of carbonyl (C=O) groups is 2. The average molecular weight is 576 g/mol. The second-order valence-corrected chi connectivity index (χ2v) is 8.88. The van der Waals surface area contributed by atoms with Crippen molar-refractivity contribution in [2.45, 2.75) is 24.9 Å². The topological polar surface area (TPSA) is 79.8 Å². The molecule has 206 valence electrons. The molecule has 0 saturated carbocycles. The van der Waals surface area contributed by atoms with Gasteiger partial charge in [-0.05, 0) is 29.0 Å². The minimum Gasteiger partial charge on any atom is -0.387 e. The second kappa shape index (κ2) is 10.7. The van der Waals surface area contributed by atoms with Gasteiger partial charge in [0.25, 0.3) is 5.91 Å². The Kier molecular flexibility index (Phi) is 7.73. The van der Waals surface area contributed by atoms with E-state index < -0.39 is 65.3 Å². The predicted octanol–water partition coefficient (Wildman–Crippen LogP) is 5.93. The van der Waals surface area contributed by atoms with E-state index in [1.54, 1.807) is 29.6 Å². The fourth-order valence-electron chi connectivity index (χ4n) is 3.98. The highest BCUT2D eigenvalue weighted by atomic mass is 35.5. The van der Waals surface area contributed by atoms with Crippen LogP contribution < -0.4 is 10.6 Å². The molecule has 0 aromatic heterocycles. The number of hydrogen-bond donors (Lipinski definition) is 2. The van der Waals surface area contributed by atoms with E-state index in [-0.39, 0.29) is 17.7 Å². The Bertz CT molecular complexity index is 1470. The summed E-state index contributed by atoms with van der Waals surface area (Å²) in [6.45, 7) is -2.24. The maximum Gasteiger partial charge on any atom is 0.416 e. The standard InChI is InChI=1S/C25H17ClF7N3O3/c26-18-8-12(25(31,32)33)7-17(22(18)27)20-9-19(36-39-20)15-5-6-16(14-4-2-1-3-13(14)15)23(38)34-10-21(37)35-11-24(28,29)30/h1-8,20H,9-11H2,(H,34,38)(H,35,37). The molecule has 6 nitrogen and oxygen atoms in total. The lowest BCUT2D eigenvalue weighted by molar-refractivity contribution is -0.137. The van der Waals surface area contributed by atoms with Crippen LogP contribution in [0.15, 0.2) is 53.7 Å². The summed E-state index contributed by atoms with van der Waals surface area (Å²) in [6.07, 6.45) is -10.7. The summed E-state index contributed by atoms with van der Waals surface area (Å²) in [6, 6.07) is 10.5. The lowest BCUT2D eigenvalue weighted by Crippen LogP contribution is -2.40. The van der Waals surface area contributed by atoms with Gasteiger partial charge < -0.3 is 15.5 Å². The number of hydrogen-bond acceptors (Lipinski definition) is 4. The summed E-state index contributed by atoms with van der Waals surface area (Å²) in [5.41, 5.74) is -0.745. The largest absolute Gasteiger partial charge is 0.416 e. The van der Waals surface area contributed by atoms with Gasteiger partial charge in [-0.15, -0.1) is 0 Å². The molecule has 39 heavy (non-hydrogen) atoms. The maximum absolute atomic E-state index is 14.6. The predicted molar refractivity (Wildman–Crippen MR) is 127 cm³/mol. The Balaban J connectivity index is 1.55. The Morgan fingerprint density at radius 3 is 2.36 bits per heavy atom. The van der Waals surface area contributed by atoms with Crippen LogP contribution >= 0.6 is 11.6 Å². The van der Waals surface area contributed by atoms with Gasteiger partial charge in [0.1, 0.15) is 12.4 Å². The van der Waals surface area contributed by atoms with E-state index in [0.717, 1.165) is 0 Å². The molecule has 0 radical (unpaired) electrons. The van der Waals surface area contributed by atoms with Gasteiger partial charge in [0.15, 0.2) is 6.10 Å². The molecule has 4 rings (SSSR count). The van der Waals surface area contributed by atoms with Crippen molar-refractivity contribution >= 4 is 39.9 Å². The lowest BCUT2D eigenvalue weighted by atomic mass is 9.93. The van der Waals surface area contributed by atoms with Crippen LogP contribution in [0.5, 0.6) is 0 Å². The lowest BCUT2D eigenvalue weighted by Gasteiger charge is -2.15. The Hall–Kier alpha value is -3.87. The minimum atomic E-state index is -4.76. The highest BCUT2D eigenvalue weighted by Gasteiger charge is 2.35. The van der Waals surface area contributed by atoms with Crippen molar-refractivity contribution in [1.82, 2.24) is 10.6 Å². The van der Waals surface area contributed by atoms with Crippen LogP contribution in [0.3, 0.4) is 0 Å². The molecule has 0 spiro atoms. The molecule has 1 aliphatic heterocycles. The van der Waals surface area contributed by atoms with Gasteiger partial charge in [0.2, 0.25) is 5.91 Å². The van der Waals surface area contributed by atoms with E-state index in [1.807, 2.05) is 0 Å². The molecule has 0 aliphatic carbocycles. The fraction of sp³-hybridized carbons (Fsp3) is 0.240. The van der Waals surface area contributed by atoms with Gasteiger partial charge in [-0.1, -0.05) is 47.1 Å². The number of fused-ring (bicyclic) bond motifs is 1. The first-order chi connectivity index (χ1) is 18.2. The van der Waals surface area contributed by atoms with Gasteiger partial charge in [0.05, 0.1) is 22.8 Å². The molecule has 3 aromatic carbocycles. The SMILES string of the molecule is O=C(CNC(=O)c1ccc(C2=NOC(c3cc(C(F)(F)F)cc(Cl)c3F)C2)c2ccccc12)NCC(F)(F)F. The van der Waals surface area contributed by atoms with Crippen LogP contribution in [0.25, 0.3) is 10.8 Å². The normalized spacial score (nSPS) is 15.6. The molecule has 2 N–H and O–H groups in total. The molecule has 0 bridgehead atoms. The quantitative estimate of drug-likeness (QED) is 0.358. The first kappa shape index (κ1) is 28.1. The third-order valence-electron chi connectivity index (χ3n) is 5.77. The van der Waals surface area contributed by atoms with E-state index in [1.165, 1.54) is 12.1 Å². The monoisotopic (exact) mass is 575 g/mol. The summed E-state index contributed by atoms with van der Waals surface area (Å²) in [5.74, 6) is -2.84. The molecular formula is C25H17ClF7N3O3. The first-order valence-electron chi connectivity index (χ1n) is 11.2. The Morgan fingerprint density at radius 1 is 1.00 bits per heavy atom. The van der Waals surface area contributed by atoms with Crippen molar-refractivity contribution < 1.29 is 45.2 Å². The van der Waals surface area contributed by atoms with Crippen molar-refractivity contribution in [3.8, 4) is 0 Å². The van der Waals surface area contributed by atoms with E-state index in [0.29, 0.717) is 28.5 Å². The highest BCUT2D eigenvalue weighted by molar-refractivity contribution is 6.30. The molecule has 2 amide bonds. The summed E-state index contributed by atoms with van der Waals surface area (Å²) in [7, 11) is 0. The highest BCUT2D eigenvalue weighted by Crippen LogP contribution is 2.39. The van der Waals surface area contributed by atoms with Crippen molar-refractivity contribution in [2.75, 3.05) is 13.1 Å². The number of amides is 2. The van der Waals surface area contributed by atoms with E-state index >= 15 is 0 Å². The summed E-state index contributed by atoms with van der Waals surface area (Å²) >= 11 is 5.68. The van der Waals surface area contributed by atoms with E-state index in [4.69, 9.17) is 16.4 Å². The number of benzene rings is 3. The van der Waals surface area contributed by atoms with Crippen LogP contribution in [-0.2, 0) is 15.8 Å². The van der Waals surface area contributed by atoms with Gasteiger partial charge in [0, 0.05) is 23.1 Å². The Morgan fingerprint density at radius 2 is 1.69 bits per heavy atom. The fourth-order valence-corrected chi connectivity index (χ4v) is 4.20. The third kappa shape index (κ3) is 6.41. The van der Waals surface area contributed by atoms with Crippen LogP contribution in [0, 0.1) is 5.82 Å².